The number of nitrogens with one attached hydrogen (secondary N) is 1. The average molecular weight is 272 g/mol. The predicted molar refractivity (Wildman–Crippen MR) is 66.5 cm³/mol. The molecule has 0 unspecified atom stereocenters. The van der Waals surface area contributed by atoms with Gasteiger partial charge in [-0.3, -0.25) is 4.72 Å². The Hall–Kier alpha value is -1.31. The molecule has 0 spiro atoms. The van der Waals surface area contributed by atoms with Crippen LogP contribution in [0.2, 0.25) is 0 Å². The van der Waals surface area contributed by atoms with Crippen LogP contribution in [0.4, 0.5) is 5.69 Å². The first kappa shape index (κ1) is 12.2. The minimum absolute atomic E-state index is 0.129. The molecule has 3 N–H and O–H groups in total. The van der Waals surface area contributed by atoms with Crippen molar-refractivity contribution in [2.75, 3.05) is 4.72 Å². The normalized spacial score (nSPS) is 11.6. The van der Waals surface area contributed by atoms with Gasteiger partial charge in [-0.15, -0.1) is 0 Å². The Labute approximate surface area is 103 Å². The number of furan rings is 1. The average Bonchev–Trinajstić information content (AvgIpc) is 2.86. The maximum Gasteiger partial charge on any atom is 0.265 e. The van der Waals surface area contributed by atoms with E-state index in [0.29, 0.717) is 17.2 Å². The van der Waals surface area contributed by atoms with Crippen molar-refractivity contribution in [1.29, 1.82) is 0 Å². The van der Waals surface area contributed by atoms with E-state index in [-0.39, 0.29) is 11.4 Å². The minimum atomic E-state index is -3.60. The van der Waals surface area contributed by atoms with Crippen molar-refractivity contribution in [3.63, 3.8) is 0 Å². The summed E-state index contributed by atoms with van der Waals surface area (Å²) in [6.07, 6.45) is 0. The molecule has 0 bridgehead atoms. The molecule has 17 heavy (non-hydrogen) atoms. The van der Waals surface area contributed by atoms with Gasteiger partial charge in [-0.25, -0.2) is 8.42 Å². The molecule has 0 radical (unpaired) electrons. The van der Waals surface area contributed by atoms with Crippen LogP contribution in [0, 0.1) is 6.92 Å². The second kappa shape index (κ2) is 4.52. The topological polar surface area (TPSA) is 85.3 Å². The Morgan fingerprint density at radius 2 is 2.29 bits per heavy atom. The Morgan fingerprint density at radius 3 is 2.82 bits per heavy atom. The van der Waals surface area contributed by atoms with Crippen LogP contribution >= 0.6 is 11.3 Å². The van der Waals surface area contributed by atoms with Crippen LogP contribution in [0.1, 0.15) is 11.5 Å². The number of aryl methyl sites for hydroxylation is 1. The van der Waals surface area contributed by atoms with E-state index in [1.807, 2.05) is 0 Å². The molecule has 0 fully saturated rings. The lowest BCUT2D eigenvalue weighted by molar-refractivity contribution is 0.479. The Bertz CT molecular complexity index is 600. The van der Waals surface area contributed by atoms with Gasteiger partial charge in [-0.05, 0) is 18.4 Å². The van der Waals surface area contributed by atoms with Crippen LogP contribution in [0.25, 0.3) is 0 Å². The van der Waals surface area contributed by atoms with Crippen LogP contribution in [-0.2, 0) is 16.6 Å². The third-order valence-electron chi connectivity index (χ3n) is 2.19. The highest BCUT2D eigenvalue weighted by Crippen LogP contribution is 2.23. The first-order valence-corrected chi connectivity index (χ1v) is 7.30. The van der Waals surface area contributed by atoms with Crippen molar-refractivity contribution in [3.05, 3.63) is 34.4 Å². The molecule has 0 aliphatic heterocycles. The van der Waals surface area contributed by atoms with Gasteiger partial charge >= 0.3 is 0 Å². The van der Waals surface area contributed by atoms with Crippen LogP contribution in [0.3, 0.4) is 0 Å². The lowest BCUT2D eigenvalue weighted by atomic mass is 10.4. The fraction of sp³-hybridized carbons (Fsp3) is 0.200. The summed E-state index contributed by atoms with van der Waals surface area (Å²) in [7, 11) is -3.60. The molecule has 0 saturated heterocycles. The zero-order chi connectivity index (χ0) is 12.5. The minimum Gasteiger partial charge on any atom is -0.464 e. The second-order valence-electron chi connectivity index (χ2n) is 3.45. The molecule has 0 atom stereocenters. The third kappa shape index (κ3) is 2.51. The summed E-state index contributed by atoms with van der Waals surface area (Å²) >= 11 is 1.42. The molecular weight excluding hydrogens is 260 g/mol. The largest absolute Gasteiger partial charge is 0.464 e. The summed E-state index contributed by atoms with van der Waals surface area (Å²) in [5, 5.41) is 3.52. The van der Waals surface area contributed by atoms with E-state index < -0.39 is 10.0 Å². The molecule has 0 aromatic carbocycles. The molecule has 0 aliphatic carbocycles. The lowest BCUT2D eigenvalue weighted by Gasteiger charge is -2.03. The number of thiophene rings is 1. The summed E-state index contributed by atoms with van der Waals surface area (Å²) < 4.78 is 31.8. The Morgan fingerprint density at radius 1 is 1.53 bits per heavy atom. The summed E-state index contributed by atoms with van der Waals surface area (Å²) in [4.78, 5) is 0.129. The van der Waals surface area contributed by atoms with E-state index in [4.69, 9.17) is 10.2 Å². The van der Waals surface area contributed by atoms with Gasteiger partial charge in [0.25, 0.3) is 10.0 Å². The summed E-state index contributed by atoms with van der Waals surface area (Å²) in [6.45, 7) is 1.77. The van der Waals surface area contributed by atoms with Gasteiger partial charge in [0.2, 0.25) is 0 Å². The molecule has 5 nitrogen and oxygen atoms in total. The smallest absolute Gasteiger partial charge is 0.265 e. The number of anilines is 1. The molecule has 7 heteroatoms. The molecule has 2 heterocycles. The van der Waals surface area contributed by atoms with Gasteiger partial charge in [-0.1, -0.05) is 0 Å². The maximum absolute atomic E-state index is 12.0. The van der Waals surface area contributed by atoms with Crippen LogP contribution in [0.5, 0.6) is 0 Å². The van der Waals surface area contributed by atoms with Gasteiger partial charge in [0.15, 0.2) is 0 Å². The molecule has 92 valence electrons. The quantitative estimate of drug-likeness (QED) is 0.890. The third-order valence-corrected chi connectivity index (χ3v) is 4.36. The van der Waals surface area contributed by atoms with E-state index in [2.05, 4.69) is 4.72 Å². The highest BCUT2D eigenvalue weighted by molar-refractivity contribution is 7.92. The molecule has 0 aliphatic rings. The molecular formula is C10H12N2O3S2. The molecule has 2 aromatic rings. The van der Waals surface area contributed by atoms with Gasteiger partial charge < -0.3 is 10.2 Å². The standard InChI is InChI=1S/C10H12N2O3S2/c1-7-10(4-9(5-11)15-7)17(13,14)12-8-2-3-16-6-8/h2-4,6,12H,5,11H2,1H3. The van der Waals surface area contributed by atoms with Crippen LogP contribution in [0.15, 0.2) is 32.2 Å². The molecule has 0 amide bonds. The van der Waals surface area contributed by atoms with Crippen molar-refractivity contribution in [2.45, 2.75) is 18.4 Å². The maximum atomic E-state index is 12.0. The molecule has 2 aromatic heterocycles. The van der Waals surface area contributed by atoms with Gasteiger partial charge in [0, 0.05) is 11.4 Å². The molecule has 2 rings (SSSR count). The SMILES string of the molecule is Cc1oc(CN)cc1S(=O)(=O)Nc1ccsc1. The number of rotatable bonds is 4. The second-order valence-corrected chi connectivity index (χ2v) is 5.89. The van der Waals surface area contributed by atoms with Crippen LogP contribution in [-0.4, -0.2) is 8.42 Å². The van der Waals surface area contributed by atoms with Crippen molar-refractivity contribution < 1.29 is 12.8 Å². The van der Waals surface area contributed by atoms with E-state index in [9.17, 15) is 8.42 Å². The summed E-state index contributed by atoms with van der Waals surface area (Å²) in [5.74, 6) is 0.793. The number of sulfonamides is 1. The lowest BCUT2D eigenvalue weighted by Crippen LogP contribution is -2.12. The highest BCUT2D eigenvalue weighted by Gasteiger charge is 2.21. The van der Waals surface area contributed by atoms with Crippen molar-refractivity contribution in [1.82, 2.24) is 0 Å². The van der Waals surface area contributed by atoms with E-state index in [0.717, 1.165) is 0 Å². The number of nitrogens with two attached hydrogens (primary N) is 1. The Kier molecular flexibility index (Phi) is 3.23. The van der Waals surface area contributed by atoms with Crippen molar-refractivity contribution in [2.24, 2.45) is 5.73 Å². The van der Waals surface area contributed by atoms with E-state index in [1.54, 1.807) is 23.8 Å². The first-order chi connectivity index (χ1) is 8.03. The fourth-order valence-electron chi connectivity index (χ4n) is 1.42. The van der Waals surface area contributed by atoms with Crippen LogP contribution < -0.4 is 10.5 Å². The van der Waals surface area contributed by atoms with Crippen molar-refractivity contribution in [3.8, 4) is 0 Å². The van der Waals surface area contributed by atoms with Gasteiger partial charge in [0.1, 0.15) is 16.4 Å². The zero-order valence-electron chi connectivity index (χ0n) is 9.14. The van der Waals surface area contributed by atoms with E-state index >= 15 is 0 Å². The van der Waals surface area contributed by atoms with Crippen molar-refractivity contribution >= 4 is 27.0 Å². The monoisotopic (exact) mass is 272 g/mol. The number of hydrogen-bond acceptors (Lipinski definition) is 5. The first-order valence-electron chi connectivity index (χ1n) is 4.87. The van der Waals surface area contributed by atoms with E-state index in [1.165, 1.54) is 17.4 Å². The number of hydrogen-bond donors (Lipinski definition) is 2. The zero-order valence-corrected chi connectivity index (χ0v) is 10.8. The predicted octanol–water partition coefficient (Wildman–Crippen LogP) is 1.91. The summed E-state index contributed by atoms with van der Waals surface area (Å²) in [6, 6.07) is 3.14. The van der Waals surface area contributed by atoms with Gasteiger partial charge in [0.05, 0.1) is 12.2 Å². The molecule has 0 saturated carbocycles. The Balaban J connectivity index is 2.34. The summed E-state index contributed by atoms with van der Waals surface area (Å²) in [5.41, 5.74) is 5.95. The van der Waals surface area contributed by atoms with Gasteiger partial charge in [-0.2, -0.15) is 11.3 Å². The fourth-order valence-corrected chi connectivity index (χ4v) is 3.34. The highest BCUT2D eigenvalue weighted by atomic mass is 32.2.